The van der Waals surface area contributed by atoms with Crippen molar-refractivity contribution in [2.75, 3.05) is 32.9 Å². The molecule has 114 valence electrons. The fourth-order valence-electron chi connectivity index (χ4n) is 3.74. The minimum Gasteiger partial charge on any atom is -0.469 e. The number of morpholine rings is 1. The van der Waals surface area contributed by atoms with Crippen molar-refractivity contribution in [3.63, 3.8) is 0 Å². The Morgan fingerprint density at radius 3 is 2.90 bits per heavy atom. The number of rotatable bonds is 1. The second-order valence-electron chi connectivity index (χ2n) is 5.97. The van der Waals surface area contributed by atoms with E-state index in [-0.39, 0.29) is 11.8 Å². The van der Waals surface area contributed by atoms with Gasteiger partial charge >= 0.3 is 0 Å². The molecule has 1 aromatic rings. The summed E-state index contributed by atoms with van der Waals surface area (Å²) in [6.07, 6.45) is 3.13. The lowest BCUT2D eigenvalue weighted by atomic mass is 9.87. The van der Waals surface area contributed by atoms with Crippen molar-refractivity contribution in [1.82, 2.24) is 4.90 Å². The minimum atomic E-state index is -0.303. The molecule has 2 atom stereocenters. The smallest absolute Gasteiger partial charge is 0.190 e. The fourth-order valence-corrected chi connectivity index (χ4v) is 4.15. The van der Waals surface area contributed by atoms with Gasteiger partial charge in [-0.25, -0.2) is 0 Å². The lowest BCUT2D eigenvalue weighted by molar-refractivity contribution is -0.227. The Bertz CT molecular complexity index is 532. The van der Waals surface area contributed by atoms with E-state index >= 15 is 0 Å². The molecule has 3 heterocycles. The van der Waals surface area contributed by atoms with E-state index in [1.807, 2.05) is 0 Å². The number of fused-ring (bicyclic) bond motifs is 2. The van der Waals surface area contributed by atoms with Gasteiger partial charge in [-0.05, 0) is 30.2 Å². The zero-order valence-electron chi connectivity index (χ0n) is 12.0. The van der Waals surface area contributed by atoms with Crippen molar-refractivity contribution in [3.05, 3.63) is 28.2 Å². The Hall–Kier alpha value is -0.620. The summed E-state index contributed by atoms with van der Waals surface area (Å²) >= 11 is 3.55. The third-order valence-electron chi connectivity index (χ3n) is 4.76. The van der Waals surface area contributed by atoms with Gasteiger partial charge in [0, 0.05) is 37.0 Å². The molecule has 4 rings (SSSR count). The van der Waals surface area contributed by atoms with Crippen LogP contribution in [0.1, 0.15) is 18.4 Å². The normalized spacial score (nSPS) is 32.9. The van der Waals surface area contributed by atoms with Gasteiger partial charge in [0.2, 0.25) is 0 Å². The molecule has 2 saturated heterocycles. The maximum absolute atomic E-state index is 6.54. The number of hydrogen-bond acceptors (Lipinski definition) is 4. The van der Waals surface area contributed by atoms with Gasteiger partial charge in [-0.2, -0.15) is 0 Å². The fraction of sp³-hybridized carbons (Fsp3) is 0.625. The molecule has 5 heteroatoms. The maximum Gasteiger partial charge on any atom is 0.190 e. The van der Waals surface area contributed by atoms with Crippen molar-refractivity contribution in [2.24, 2.45) is 0 Å². The van der Waals surface area contributed by atoms with Crippen molar-refractivity contribution in [2.45, 2.75) is 31.1 Å². The average Bonchev–Trinajstić information content (AvgIpc) is 2.53. The summed E-state index contributed by atoms with van der Waals surface area (Å²) in [6, 6.07) is 6.28. The van der Waals surface area contributed by atoms with E-state index in [4.69, 9.17) is 14.2 Å². The lowest BCUT2D eigenvalue weighted by Gasteiger charge is -2.53. The Kier molecular flexibility index (Phi) is 3.69. The van der Waals surface area contributed by atoms with Gasteiger partial charge in [-0.15, -0.1) is 0 Å². The average molecular weight is 354 g/mol. The first-order valence-corrected chi connectivity index (χ1v) is 8.49. The van der Waals surface area contributed by atoms with E-state index in [0.717, 1.165) is 62.4 Å². The van der Waals surface area contributed by atoms with Crippen molar-refractivity contribution >= 4 is 15.9 Å². The van der Waals surface area contributed by atoms with E-state index < -0.39 is 0 Å². The third-order valence-corrected chi connectivity index (χ3v) is 5.26. The second kappa shape index (κ2) is 5.54. The number of benzene rings is 1. The van der Waals surface area contributed by atoms with E-state index in [1.165, 1.54) is 5.56 Å². The van der Waals surface area contributed by atoms with Crippen molar-refractivity contribution < 1.29 is 14.2 Å². The van der Waals surface area contributed by atoms with Gasteiger partial charge < -0.3 is 14.2 Å². The molecule has 2 fully saturated rings. The predicted octanol–water partition coefficient (Wildman–Crippen LogP) is 2.59. The maximum atomic E-state index is 6.54. The van der Waals surface area contributed by atoms with Crippen LogP contribution in [0.4, 0.5) is 0 Å². The molecule has 3 aliphatic heterocycles. The quantitative estimate of drug-likeness (QED) is 0.776. The summed E-state index contributed by atoms with van der Waals surface area (Å²) in [5, 5.41) is 0. The molecule has 0 spiro atoms. The summed E-state index contributed by atoms with van der Waals surface area (Å²) in [7, 11) is 0. The largest absolute Gasteiger partial charge is 0.469 e. The topological polar surface area (TPSA) is 30.9 Å². The molecule has 0 N–H and O–H groups in total. The first-order valence-electron chi connectivity index (χ1n) is 7.70. The molecule has 0 aromatic heterocycles. The second-order valence-corrected chi connectivity index (χ2v) is 6.88. The molecule has 0 saturated carbocycles. The number of ether oxygens (including phenoxy) is 3. The Labute approximate surface area is 133 Å². The van der Waals surface area contributed by atoms with Crippen molar-refractivity contribution in [1.29, 1.82) is 0 Å². The highest BCUT2D eigenvalue weighted by Crippen LogP contribution is 2.42. The lowest BCUT2D eigenvalue weighted by Crippen LogP contribution is -2.67. The standard InChI is InChI=1S/C16H20BrNO3/c17-13-2-3-14-12(10-13)11-15-16(21-14,4-1-7-20-15)18-5-8-19-9-6-18/h2-3,10,15H,1,4-9,11H2. The zero-order valence-corrected chi connectivity index (χ0v) is 13.6. The number of hydrogen-bond donors (Lipinski definition) is 0. The van der Waals surface area contributed by atoms with Crippen LogP contribution in [0.5, 0.6) is 5.75 Å². The van der Waals surface area contributed by atoms with Crippen molar-refractivity contribution in [3.8, 4) is 5.75 Å². The first-order chi connectivity index (χ1) is 10.3. The van der Waals surface area contributed by atoms with Crippen LogP contribution in [-0.4, -0.2) is 49.6 Å². The third kappa shape index (κ3) is 2.40. The SMILES string of the molecule is Brc1ccc2c(c1)CC1OCCCC1(N1CCOCC1)O2. The van der Waals surface area contributed by atoms with Crippen LogP contribution >= 0.6 is 15.9 Å². The molecule has 0 bridgehead atoms. The monoisotopic (exact) mass is 353 g/mol. The summed E-state index contributed by atoms with van der Waals surface area (Å²) < 4.78 is 19.3. The molecule has 1 aromatic carbocycles. The number of halogens is 1. The van der Waals surface area contributed by atoms with Crippen LogP contribution in [0.15, 0.2) is 22.7 Å². The highest BCUT2D eigenvalue weighted by Gasteiger charge is 2.51. The summed E-state index contributed by atoms with van der Waals surface area (Å²) in [5.41, 5.74) is 0.934. The van der Waals surface area contributed by atoms with E-state index in [1.54, 1.807) is 0 Å². The van der Waals surface area contributed by atoms with Gasteiger partial charge in [0.15, 0.2) is 5.72 Å². The van der Waals surface area contributed by atoms with E-state index in [2.05, 4.69) is 39.0 Å². The molecule has 2 unspecified atom stereocenters. The molecule has 21 heavy (non-hydrogen) atoms. The molecule has 0 amide bonds. The van der Waals surface area contributed by atoms with Crippen LogP contribution in [0.25, 0.3) is 0 Å². The Morgan fingerprint density at radius 2 is 2.05 bits per heavy atom. The summed E-state index contributed by atoms with van der Waals surface area (Å²) in [6.45, 7) is 4.25. The van der Waals surface area contributed by atoms with Gasteiger partial charge in [-0.1, -0.05) is 15.9 Å². The Balaban J connectivity index is 1.71. The van der Waals surface area contributed by atoms with Crippen LogP contribution in [0.3, 0.4) is 0 Å². The van der Waals surface area contributed by atoms with Crippen LogP contribution in [-0.2, 0) is 15.9 Å². The summed E-state index contributed by atoms with van der Waals surface area (Å²) in [4.78, 5) is 2.44. The molecule has 0 radical (unpaired) electrons. The van der Waals surface area contributed by atoms with Crippen LogP contribution in [0.2, 0.25) is 0 Å². The van der Waals surface area contributed by atoms with Crippen LogP contribution < -0.4 is 4.74 Å². The summed E-state index contributed by atoms with van der Waals surface area (Å²) in [5.74, 6) is 1.01. The highest BCUT2D eigenvalue weighted by atomic mass is 79.9. The molecule has 4 nitrogen and oxygen atoms in total. The molecule has 3 aliphatic rings. The highest BCUT2D eigenvalue weighted by molar-refractivity contribution is 9.10. The van der Waals surface area contributed by atoms with Gasteiger partial charge in [0.25, 0.3) is 0 Å². The van der Waals surface area contributed by atoms with Crippen LogP contribution in [0, 0.1) is 0 Å². The first kappa shape index (κ1) is 14.0. The zero-order chi connectivity index (χ0) is 14.3. The molecule has 0 aliphatic carbocycles. The van der Waals surface area contributed by atoms with Gasteiger partial charge in [-0.3, -0.25) is 4.90 Å². The Morgan fingerprint density at radius 1 is 1.19 bits per heavy atom. The molecular formula is C16H20BrNO3. The predicted molar refractivity (Wildman–Crippen MR) is 82.6 cm³/mol. The van der Waals surface area contributed by atoms with Gasteiger partial charge in [0.05, 0.1) is 13.2 Å². The van der Waals surface area contributed by atoms with E-state index in [0.29, 0.717) is 0 Å². The van der Waals surface area contributed by atoms with E-state index in [9.17, 15) is 0 Å². The molecular weight excluding hydrogens is 334 g/mol. The number of nitrogens with zero attached hydrogens (tertiary/aromatic N) is 1. The minimum absolute atomic E-state index is 0.117. The van der Waals surface area contributed by atoms with Gasteiger partial charge in [0.1, 0.15) is 11.9 Å².